The highest BCUT2D eigenvalue weighted by Crippen LogP contribution is 2.25. The number of anilines is 2. The summed E-state index contributed by atoms with van der Waals surface area (Å²) in [5.74, 6) is 0. The second-order valence-corrected chi connectivity index (χ2v) is 11.1. The van der Waals surface area contributed by atoms with Crippen LogP contribution in [0.3, 0.4) is 0 Å². The first kappa shape index (κ1) is 24.8. The van der Waals surface area contributed by atoms with Gasteiger partial charge in [0.25, 0.3) is 10.2 Å². The number of hydrogen-bond acceptors (Lipinski definition) is 5. The molecular weight excluding hydrogens is 472 g/mol. The van der Waals surface area contributed by atoms with E-state index in [-0.39, 0.29) is 13.1 Å². The van der Waals surface area contributed by atoms with E-state index in [1.165, 1.54) is 8.61 Å². The zero-order chi connectivity index (χ0) is 23.5. The first-order valence-corrected chi connectivity index (χ1v) is 13.3. The quantitative estimate of drug-likeness (QED) is 0.516. The Morgan fingerprint density at radius 2 is 1.75 bits per heavy atom. The average molecular weight is 501 g/mol. The van der Waals surface area contributed by atoms with Gasteiger partial charge >= 0.3 is 0 Å². The van der Waals surface area contributed by atoms with Gasteiger partial charge in [-0.3, -0.25) is 4.31 Å². The van der Waals surface area contributed by atoms with Crippen molar-refractivity contribution in [2.24, 2.45) is 0 Å². The minimum Gasteiger partial charge on any atom is -0.378 e. The number of nitrogens with one attached hydrogen (secondary N) is 1. The fourth-order valence-corrected chi connectivity index (χ4v) is 5.88. The number of thiol groups is 1. The van der Waals surface area contributed by atoms with Crippen molar-refractivity contribution < 1.29 is 16.8 Å². The first-order chi connectivity index (χ1) is 15.1. The van der Waals surface area contributed by atoms with Gasteiger partial charge in [0.15, 0.2) is 0 Å². The SMILES string of the molecule is C[C@H](CCNS(=O)(=O)N1CCc2cc(Cl)ccc2C1)N(c1ccc(N(C)C)cc1)[SH](=O)=O. The van der Waals surface area contributed by atoms with Crippen LogP contribution in [-0.2, 0) is 34.1 Å². The number of hydrogen-bond donors (Lipinski definition) is 2. The molecule has 1 atom stereocenters. The van der Waals surface area contributed by atoms with E-state index >= 15 is 0 Å². The zero-order valence-electron chi connectivity index (χ0n) is 18.4. The Morgan fingerprint density at radius 3 is 2.38 bits per heavy atom. The Bertz CT molecular complexity index is 1110. The molecule has 0 fully saturated rings. The van der Waals surface area contributed by atoms with Crippen molar-refractivity contribution >= 4 is 44.1 Å². The fraction of sp³-hybridized carbons (Fsp3) is 0.429. The summed E-state index contributed by atoms with van der Waals surface area (Å²) in [4.78, 5) is 1.93. The maximum Gasteiger partial charge on any atom is 0.279 e. The molecule has 3 rings (SSSR count). The molecule has 176 valence electrons. The Labute approximate surface area is 197 Å². The van der Waals surface area contributed by atoms with Crippen LogP contribution >= 0.6 is 11.6 Å². The predicted molar refractivity (Wildman–Crippen MR) is 130 cm³/mol. The molecule has 1 aliphatic rings. The number of rotatable bonds is 9. The molecule has 0 unspecified atom stereocenters. The van der Waals surface area contributed by atoms with Gasteiger partial charge in [-0.05, 0) is 67.3 Å². The van der Waals surface area contributed by atoms with Gasteiger partial charge in [0.05, 0.1) is 5.69 Å². The molecule has 2 aromatic carbocycles. The number of benzene rings is 2. The molecule has 1 N–H and O–H groups in total. The third-order valence-corrected chi connectivity index (χ3v) is 8.33. The first-order valence-electron chi connectivity index (χ1n) is 10.3. The van der Waals surface area contributed by atoms with Gasteiger partial charge < -0.3 is 4.90 Å². The summed E-state index contributed by atoms with van der Waals surface area (Å²) in [5, 5.41) is 0.643. The molecule has 0 amide bonds. The van der Waals surface area contributed by atoms with Gasteiger partial charge in [0.2, 0.25) is 10.9 Å². The normalized spacial score (nSPS) is 15.4. The predicted octanol–water partition coefficient (Wildman–Crippen LogP) is 2.41. The largest absolute Gasteiger partial charge is 0.378 e. The standard InChI is InChI=1S/C21H29ClN4O4S2/c1-16(26(31(27)28)21-8-6-20(7-9-21)24(2)3)10-12-23-32(29,30)25-13-11-17-14-19(22)5-4-18(17)15-25/h4-9,14,16,23,31H,10-13,15H2,1-3H3/t16-/m1/s1. The van der Waals surface area contributed by atoms with Gasteiger partial charge in [-0.2, -0.15) is 12.7 Å². The number of nitrogens with zero attached hydrogens (tertiary/aromatic N) is 3. The molecule has 0 spiro atoms. The summed E-state index contributed by atoms with van der Waals surface area (Å²) in [6.45, 7) is 2.55. The fourth-order valence-electron chi connectivity index (χ4n) is 3.72. The second-order valence-electron chi connectivity index (χ2n) is 8.03. The van der Waals surface area contributed by atoms with Crippen LogP contribution in [0, 0.1) is 0 Å². The third kappa shape index (κ3) is 5.93. The van der Waals surface area contributed by atoms with Crippen LogP contribution in [0.2, 0.25) is 5.02 Å². The molecule has 0 radical (unpaired) electrons. The maximum atomic E-state index is 12.8. The van der Waals surface area contributed by atoms with Crippen molar-refractivity contribution in [2.75, 3.05) is 36.4 Å². The van der Waals surface area contributed by atoms with E-state index in [1.807, 2.05) is 43.3 Å². The molecular formula is C21H29ClN4O4S2. The van der Waals surface area contributed by atoms with Gasteiger partial charge in [-0.15, -0.1) is 0 Å². The molecule has 32 heavy (non-hydrogen) atoms. The van der Waals surface area contributed by atoms with E-state index < -0.39 is 27.1 Å². The zero-order valence-corrected chi connectivity index (χ0v) is 20.8. The van der Waals surface area contributed by atoms with Gasteiger partial charge in [-0.25, -0.2) is 13.1 Å². The van der Waals surface area contributed by atoms with Crippen molar-refractivity contribution in [3.05, 3.63) is 58.6 Å². The lowest BCUT2D eigenvalue weighted by Crippen LogP contribution is -2.44. The van der Waals surface area contributed by atoms with Crippen molar-refractivity contribution in [1.29, 1.82) is 0 Å². The van der Waals surface area contributed by atoms with E-state index in [4.69, 9.17) is 11.6 Å². The van der Waals surface area contributed by atoms with Crippen molar-refractivity contribution in [1.82, 2.24) is 9.03 Å². The van der Waals surface area contributed by atoms with E-state index in [9.17, 15) is 16.8 Å². The average Bonchev–Trinajstić information content (AvgIpc) is 2.73. The lowest BCUT2D eigenvalue weighted by Gasteiger charge is -2.29. The van der Waals surface area contributed by atoms with E-state index in [0.717, 1.165) is 16.8 Å². The van der Waals surface area contributed by atoms with E-state index in [0.29, 0.717) is 30.1 Å². The highest BCUT2D eigenvalue weighted by molar-refractivity contribution is 7.87. The molecule has 11 heteroatoms. The molecule has 0 aliphatic carbocycles. The van der Waals surface area contributed by atoms with E-state index in [1.54, 1.807) is 25.1 Å². The van der Waals surface area contributed by atoms with Crippen LogP contribution in [-0.4, -0.2) is 54.4 Å². The van der Waals surface area contributed by atoms with Crippen molar-refractivity contribution in [3.8, 4) is 0 Å². The van der Waals surface area contributed by atoms with E-state index in [2.05, 4.69) is 4.72 Å². The minimum atomic E-state index is -3.68. The van der Waals surface area contributed by atoms with Crippen LogP contribution in [0.15, 0.2) is 42.5 Å². The summed E-state index contributed by atoms with van der Waals surface area (Å²) in [6, 6.07) is 12.3. The Kier molecular flexibility index (Phi) is 8.05. The lowest BCUT2D eigenvalue weighted by molar-refractivity contribution is 0.383. The lowest BCUT2D eigenvalue weighted by atomic mass is 10.0. The second kappa shape index (κ2) is 10.4. The van der Waals surface area contributed by atoms with Crippen LogP contribution in [0.1, 0.15) is 24.5 Å². The number of fused-ring (bicyclic) bond motifs is 1. The Balaban J connectivity index is 1.60. The van der Waals surface area contributed by atoms with Gasteiger partial charge in [0.1, 0.15) is 0 Å². The van der Waals surface area contributed by atoms with Crippen LogP contribution in [0.25, 0.3) is 0 Å². The monoisotopic (exact) mass is 500 g/mol. The molecule has 0 aromatic heterocycles. The Morgan fingerprint density at radius 1 is 1.09 bits per heavy atom. The molecule has 2 aromatic rings. The summed E-state index contributed by atoms with van der Waals surface area (Å²) >= 11 is 6.02. The molecule has 8 nitrogen and oxygen atoms in total. The summed E-state index contributed by atoms with van der Waals surface area (Å²) in [6.07, 6.45) is 0.929. The summed E-state index contributed by atoms with van der Waals surface area (Å²) in [7, 11) is -2.74. The van der Waals surface area contributed by atoms with Gasteiger partial charge in [-0.1, -0.05) is 17.7 Å². The summed E-state index contributed by atoms with van der Waals surface area (Å²) in [5.41, 5.74) is 3.51. The highest BCUT2D eigenvalue weighted by atomic mass is 35.5. The van der Waals surface area contributed by atoms with Crippen molar-refractivity contribution in [2.45, 2.75) is 32.4 Å². The van der Waals surface area contributed by atoms with Crippen LogP contribution < -0.4 is 13.9 Å². The molecule has 1 heterocycles. The molecule has 0 saturated carbocycles. The Hall–Kier alpha value is -1.85. The minimum absolute atomic E-state index is 0.128. The molecule has 1 aliphatic heterocycles. The van der Waals surface area contributed by atoms with Crippen LogP contribution in [0.5, 0.6) is 0 Å². The smallest absolute Gasteiger partial charge is 0.279 e. The van der Waals surface area contributed by atoms with Crippen molar-refractivity contribution in [3.63, 3.8) is 0 Å². The highest BCUT2D eigenvalue weighted by Gasteiger charge is 2.27. The topological polar surface area (TPSA) is 90.0 Å². The molecule has 0 saturated heterocycles. The number of halogens is 1. The maximum absolute atomic E-state index is 12.8. The van der Waals surface area contributed by atoms with Crippen LogP contribution in [0.4, 0.5) is 11.4 Å². The van der Waals surface area contributed by atoms with Gasteiger partial charge in [0, 0.05) is 50.5 Å². The summed E-state index contributed by atoms with van der Waals surface area (Å²) < 4.78 is 54.7. The molecule has 0 bridgehead atoms. The third-order valence-electron chi connectivity index (χ3n) is 5.56.